The molecule has 2 aromatic carbocycles. The van der Waals surface area contributed by atoms with Crippen LogP contribution in [0.15, 0.2) is 107 Å². The van der Waals surface area contributed by atoms with Crippen molar-refractivity contribution < 1.29 is 119 Å². The second-order valence-electron chi connectivity index (χ2n) is 30.8. The Balaban J connectivity index is 1.12. The number of hydrogen-bond acceptors (Lipinski definition) is 25. The highest BCUT2D eigenvalue weighted by Crippen LogP contribution is 2.22. The maximum absolute atomic E-state index is 15.3. The third-order valence-electron chi connectivity index (χ3n) is 20.5. The van der Waals surface area contributed by atoms with Crippen molar-refractivity contribution in [2.75, 3.05) is 197 Å². The van der Waals surface area contributed by atoms with Crippen LogP contribution in [0.4, 0.5) is 24.0 Å². The normalized spacial score (nSPS) is 21.6. The number of urea groups is 4. The minimum atomic E-state index is -1.63. The number of allylic oxidation sites excluding steroid dienone is 4. The molecule has 8 bridgehead atoms. The standard InChI is InChI=1S/C85H119N17O21/c1-8-49-117-54-55-118-50-47-96-40-30-89-80(111)99-34-22-66(61(2)76(99)107)72(103)86-27-38-95(39-28-87-73(104)67-23-35-100(77(108)62(67)3)81(112)90-31-41-96)45-46-98-44-29-88-74(105)68-24-36-101(78(109)70(68)121-59-63-17-11-9-12-18-63)82(113)91-32-42-97(48-51-119-56-57-120-53-52-116-7)43-33-92-83(114)102-37-25-69(71(79(102)110)122-60-64-19-13-10-14-20-64)75(106)94-65(58-98)21-15-16-26-93-84(115)123-85(4,5)6/h9-14,17-20,22-25,34-37,61-62,65,70-71H,8,15-16,21,26-33,38-60H2,1-7H3,(H5-4,86,87,88,89,90,91,92,93,94,103,104,105,106,111,112,113,114,115)/p+4. The van der Waals surface area contributed by atoms with E-state index >= 15 is 4.79 Å². The van der Waals surface area contributed by atoms with Gasteiger partial charge < -0.3 is 64.5 Å². The highest BCUT2D eigenvalue weighted by molar-refractivity contribution is 6.09. The Kier molecular flexibility index (Phi) is 41.4. The average Bonchev–Trinajstić information content (AvgIpc) is 0.818. The van der Waals surface area contributed by atoms with Gasteiger partial charge in [0.25, 0.3) is 11.8 Å². The molecule has 12 heterocycles. The zero-order chi connectivity index (χ0) is 88.5. The van der Waals surface area contributed by atoms with Gasteiger partial charge in [-0.25, -0.2) is 45.2 Å². The number of carbonyl (C=O) groups is 13. The minimum Gasteiger partial charge on any atom is -0.444 e. The van der Waals surface area contributed by atoms with E-state index in [0.717, 1.165) is 24.7 Å². The van der Waals surface area contributed by atoms with E-state index in [-0.39, 0.29) is 173 Å². The van der Waals surface area contributed by atoms with Crippen LogP contribution in [-0.2, 0) is 89.5 Å². The summed E-state index contributed by atoms with van der Waals surface area (Å²) in [7, 11) is 1.57. The molecule has 38 heteroatoms. The molecule has 2 fully saturated rings. The van der Waals surface area contributed by atoms with Crippen molar-refractivity contribution in [2.45, 2.75) is 104 Å². The van der Waals surface area contributed by atoms with Crippen LogP contribution in [0.1, 0.15) is 78.4 Å². The van der Waals surface area contributed by atoms with E-state index in [1.54, 1.807) is 88.5 Å². The van der Waals surface area contributed by atoms with Gasteiger partial charge in [-0.2, -0.15) is 19.2 Å². The summed E-state index contributed by atoms with van der Waals surface area (Å²) in [6, 6.07) is 13.9. The predicted octanol–water partition coefficient (Wildman–Crippen LogP) is 0.354. The number of carbonyl (C=O) groups excluding carboxylic acids is 13. The van der Waals surface area contributed by atoms with E-state index in [9.17, 15) is 57.5 Å². The Labute approximate surface area is 717 Å². The van der Waals surface area contributed by atoms with Crippen LogP contribution in [-0.4, -0.2) is 362 Å². The van der Waals surface area contributed by atoms with E-state index in [1.807, 2.05) is 26.5 Å². The molecular weight excluding hydrogens is 1600 g/mol. The number of unbranched alkanes of at least 4 members (excludes halogenated alkanes) is 1. The molecular formula is C85H123N17O21+4. The Morgan fingerprint density at radius 2 is 0.789 bits per heavy atom. The molecule has 14 rings (SSSR count). The molecule has 5 atom stereocenters. The molecule has 0 spiro atoms. The lowest BCUT2D eigenvalue weighted by atomic mass is 9.96. The lowest BCUT2D eigenvalue weighted by Gasteiger charge is -2.32. The summed E-state index contributed by atoms with van der Waals surface area (Å²) in [5.41, 5.74) is 0.447. The minimum absolute atomic E-state index is 0.0152. The summed E-state index contributed by atoms with van der Waals surface area (Å²) in [6.07, 6.45) is 8.33. The molecule has 2 saturated heterocycles. The average molecular weight is 1720 g/mol. The van der Waals surface area contributed by atoms with Gasteiger partial charge in [0.15, 0.2) is 12.2 Å². The Morgan fingerprint density at radius 3 is 1.21 bits per heavy atom. The summed E-state index contributed by atoms with van der Waals surface area (Å²) < 4.78 is 49.4. The van der Waals surface area contributed by atoms with Gasteiger partial charge in [0.1, 0.15) is 30.5 Å². The van der Waals surface area contributed by atoms with Gasteiger partial charge in [-0.15, -0.1) is 18.3 Å². The first-order chi connectivity index (χ1) is 59.3. The van der Waals surface area contributed by atoms with Crippen LogP contribution < -0.4 is 47.9 Å². The number of nitrogens with zero attached hydrogens (tertiary/aromatic N) is 8. The molecule has 12 aliphatic rings. The van der Waals surface area contributed by atoms with Crippen molar-refractivity contribution in [3.05, 3.63) is 118 Å². The summed E-state index contributed by atoms with van der Waals surface area (Å²) in [5, 5.41) is 25.9. The van der Waals surface area contributed by atoms with Crippen molar-refractivity contribution in [3.63, 3.8) is 0 Å². The van der Waals surface area contributed by atoms with Crippen molar-refractivity contribution in [3.8, 4) is 0 Å². The third kappa shape index (κ3) is 32.5. The number of hydrogen-bond donors (Lipinski definition) is 9. The summed E-state index contributed by atoms with van der Waals surface area (Å²) in [5.74, 6) is -7.83. The van der Waals surface area contributed by atoms with Gasteiger partial charge in [0, 0.05) is 136 Å². The summed E-state index contributed by atoms with van der Waals surface area (Å²) >= 11 is 0. The molecule has 0 saturated carbocycles. The first-order valence-electron chi connectivity index (χ1n) is 42.1. The Bertz CT molecular complexity index is 4150. The van der Waals surface area contributed by atoms with Crippen LogP contribution in [0.2, 0.25) is 0 Å². The molecule has 9 N–H and O–H groups in total. The van der Waals surface area contributed by atoms with E-state index in [1.165, 1.54) is 63.0 Å². The molecule has 12 aliphatic heterocycles. The smallest absolute Gasteiger partial charge is 0.444 e. The Morgan fingerprint density at radius 1 is 0.431 bits per heavy atom. The van der Waals surface area contributed by atoms with E-state index in [2.05, 4.69) is 47.9 Å². The molecule has 0 aromatic heterocycles. The number of methoxy groups -OCH3 is 1. The second-order valence-corrected chi connectivity index (χ2v) is 30.8. The van der Waals surface area contributed by atoms with Gasteiger partial charge in [0.2, 0.25) is 11.8 Å². The molecule has 0 aliphatic carbocycles. The zero-order valence-corrected chi connectivity index (χ0v) is 71.7. The highest BCUT2D eigenvalue weighted by atomic mass is 16.6. The van der Waals surface area contributed by atoms with E-state index in [4.69, 9.17) is 37.9 Å². The number of nitrogens with one attached hydrogen (secondary N) is 9. The molecule has 17 amide bonds. The van der Waals surface area contributed by atoms with Crippen molar-refractivity contribution in [1.82, 2.24) is 67.5 Å². The van der Waals surface area contributed by atoms with Crippen LogP contribution in [0.3, 0.4) is 0 Å². The predicted molar refractivity (Wildman–Crippen MR) is 450 cm³/mol. The molecule has 2 aromatic rings. The fraction of sp³-hybridized carbons (Fsp3) is 0.565. The van der Waals surface area contributed by atoms with E-state index < -0.39 is 113 Å². The summed E-state index contributed by atoms with van der Waals surface area (Å²) in [6.45, 7) is 15.3. The Hall–Kier alpha value is -10.7. The molecule has 38 nitrogen and oxygen atoms in total. The number of benzene rings is 2. The lowest BCUT2D eigenvalue weighted by Crippen LogP contribution is -2.52. The SMILES string of the molecule is CCCOCCOCCN1CCNC(=O)[N+]2=CC=C(C(=O)NCCN(CCN3CCNC(=O)C4=CC=[N+](C(=O)NCCN(CCOCCOCCOC)CCNC(=O)[N+]5=CC=C(C(=O)NC(CCCCNC(=O)OC(C)(C)C)C3)C(OCc3ccccc3)C5=O)C(=O)C4OCc3ccccc3)CCNC(=O)C3=CC=[N+](C(=O)NCC1)C(=O)C3C)C(C)C2=O. The molecule has 123 heavy (non-hydrogen) atoms. The largest absolute Gasteiger partial charge is 0.498 e. The second kappa shape index (κ2) is 52.1. The van der Waals surface area contributed by atoms with Gasteiger partial charge in [-0.1, -0.05) is 67.6 Å². The lowest BCUT2D eigenvalue weighted by molar-refractivity contribution is -0.364. The first kappa shape index (κ1) is 97.8. The van der Waals surface area contributed by atoms with Crippen LogP contribution >= 0.6 is 0 Å². The molecule has 0 radical (unpaired) electrons. The number of rotatable bonds is 31. The maximum Gasteiger partial charge on any atom is 0.498 e. The third-order valence-corrected chi connectivity index (χ3v) is 20.5. The number of amides is 17. The highest BCUT2D eigenvalue weighted by Gasteiger charge is 2.44. The molecule has 670 valence electrons. The first-order valence-corrected chi connectivity index (χ1v) is 42.1. The maximum atomic E-state index is 15.3. The van der Waals surface area contributed by atoms with Gasteiger partial charge >= 0.3 is 53.8 Å². The number of imide groups is 4. The van der Waals surface area contributed by atoms with Crippen molar-refractivity contribution in [2.24, 2.45) is 11.8 Å². The van der Waals surface area contributed by atoms with Crippen LogP contribution in [0, 0.1) is 11.8 Å². The van der Waals surface area contributed by atoms with Gasteiger partial charge in [0.05, 0.1) is 115 Å². The van der Waals surface area contributed by atoms with Crippen molar-refractivity contribution in [1.29, 1.82) is 0 Å². The fourth-order valence-electron chi connectivity index (χ4n) is 13.6. The monoisotopic (exact) mass is 1720 g/mol. The van der Waals surface area contributed by atoms with Crippen molar-refractivity contribution >= 4 is 102 Å². The number of alkyl carbamates (subject to hydrolysis) is 1. The summed E-state index contributed by atoms with van der Waals surface area (Å²) in [4.78, 5) is 193. The fourth-order valence-corrected chi connectivity index (χ4v) is 13.6. The quantitative estimate of drug-likeness (QED) is 0.0363. The number of ether oxygens (including phenoxy) is 8. The van der Waals surface area contributed by atoms with Crippen LogP contribution in [0.5, 0.6) is 0 Å². The van der Waals surface area contributed by atoms with Crippen LogP contribution in [0.25, 0.3) is 0 Å². The molecule has 5 unspecified atom stereocenters. The zero-order valence-electron chi connectivity index (χ0n) is 71.7. The van der Waals surface area contributed by atoms with Gasteiger partial charge in [-0.05, 0) is 95.7 Å². The topological polar surface area (TPSA) is 429 Å². The van der Waals surface area contributed by atoms with E-state index in [0.29, 0.717) is 83.3 Å². The van der Waals surface area contributed by atoms with Gasteiger partial charge in [-0.3, -0.25) is 38.8 Å².